The molecule has 0 bridgehead atoms. The minimum absolute atomic E-state index is 0.228. The fourth-order valence-electron chi connectivity index (χ4n) is 3.69. The third-order valence-electron chi connectivity index (χ3n) is 4.90. The summed E-state index contributed by atoms with van der Waals surface area (Å²) in [6.07, 6.45) is 3.76. The first kappa shape index (κ1) is 19.0. The van der Waals surface area contributed by atoms with Crippen LogP contribution in [0.1, 0.15) is 30.2 Å². The van der Waals surface area contributed by atoms with Crippen molar-refractivity contribution in [1.29, 1.82) is 0 Å². The van der Waals surface area contributed by atoms with Crippen LogP contribution in [0.5, 0.6) is 0 Å². The second-order valence-corrected chi connectivity index (χ2v) is 8.21. The van der Waals surface area contributed by atoms with E-state index in [1.165, 1.54) is 15.9 Å². The molecular formula is C20H19ClN2O4S. The number of benzene rings is 1. The Kier molecular flexibility index (Phi) is 5.12. The molecule has 3 aromatic rings. The highest BCUT2D eigenvalue weighted by Gasteiger charge is 2.25. The Labute approximate surface area is 169 Å². The third kappa shape index (κ3) is 3.18. The number of carbonyl (C=O) groups is 1. The minimum Gasteiger partial charge on any atom is -0.465 e. The van der Waals surface area contributed by atoms with Crippen LogP contribution in [0, 0.1) is 0 Å². The summed E-state index contributed by atoms with van der Waals surface area (Å²) in [6.45, 7) is 1.71. The fourth-order valence-corrected chi connectivity index (χ4v) is 5.24. The Bertz CT molecular complexity index is 1190. The van der Waals surface area contributed by atoms with Crippen molar-refractivity contribution < 1.29 is 9.53 Å². The number of hydrogen-bond donors (Lipinski definition) is 0. The molecule has 4 rings (SSSR count). The molecule has 0 radical (unpaired) electrons. The molecule has 28 heavy (non-hydrogen) atoms. The van der Waals surface area contributed by atoms with Crippen LogP contribution in [0.25, 0.3) is 15.9 Å². The number of esters is 1. The van der Waals surface area contributed by atoms with Gasteiger partial charge in [-0.2, -0.15) is 0 Å². The number of carbonyl (C=O) groups excluding carboxylic acids is 1. The molecular weight excluding hydrogens is 400 g/mol. The van der Waals surface area contributed by atoms with Gasteiger partial charge in [-0.1, -0.05) is 17.7 Å². The van der Waals surface area contributed by atoms with Crippen molar-refractivity contribution in [3.05, 3.63) is 60.6 Å². The quantitative estimate of drug-likeness (QED) is 0.609. The molecule has 0 N–H and O–H groups in total. The van der Waals surface area contributed by atoms with Crippen LogP contribution in [0.2, 0.25) is 5.02 Å². The number of rotatable bonds is 4. The number of hydrogen-bond acceptors (Lipinski definition) is 5. The number of aromatic nitrogens is 2. The highest BCUT2D eigenvalue weighted by atomic mass is 35.5. The van der Waals surface area contributed by atoms with E-state index in [1.807, 2.05) is 0 Å². The van der Waals surface area contributed by atoms with Crippen molar-refractivity contribution in [3.63, 3.8) is 0 Å². The smallest absolute Gasteiger partial charge is 0.337 e. The van der Waals surface area contributed by atoms with Gasteiger partial charge in [0, 0.05) is 9.90 Å². The summed E-state index contributed by atoms with van der Waals surface area (Å²) >= 11 is 7.52. The number of aryl methyl sites for hydroxylation is 2. The van der Waals surface area contributed by atoms with Crippen molar-refractivity contribution in [3.8, 4) is 5.69 Å². The van der Waals surface area contributed by atoms with Crippen LogP contribution < -0.4 is 11.2 Å². The van der Waals surface area contributed by atoms with Crippen molar-refractivity contribution >= 4 is 39.1 Å². The maximum Gasteiger partial charge on any atom is 0.337 e. The molecule has 0 unspecified atom stereocenters. The lowest BCUT2D eigenvalue weighted by Crippen LogP contribution is -2.40. The summed E-state index contributed by atoms with van der Waals surface area (Å²) in [5, 5.41) is 0.955. The number of thiophene rings is 1. The second kappa shape index (κ2) is 7.56. The van der Waals surface area contributed by atoms with Crippen LogP contribution in [0.3, 0.4) is 0 Å². The zero-order valence-corrected chi connectivity index (χ0v) is 16.9. The van der Waals surface area contributed by atoms with Crippen LogP contribution in [0.15, 0.2) is 33.9 Å². The zero-order chi connectivity index (χ0) is 19.8. The molecule has 0 aliphatic heterocycles. The van der Waals surface area contributed by atoms with Gasteiger partial charge in [-0.05, 0) is 56.4 Å². The SMILES string of the molecule is CCOC(=O)Cn1c(=O)n(-c2cccc(Cl)c2)c(=O)c2c3c(sc21)CCCC3. The molecule has 0 amide bonds. The van der Waals surface area contributed by atoms with Crippen molar-refractivity contribution in [2.24, 2.45) is 0 Å². The fraction of sp³-hybridized carbons (Fsp3) is 0.350. The summed E-state index contributed by atoms with van der Waals surface area (Å²) in [5.74, 6) is -0.506. The molecule has 0 atom stereocenters. The molecule has 146 valence electrons. The average Bonchev–Trinajstić information content (AvgIpc) is 3.05. The van der Waals surface area contributed by atoms with E-state index in [-0.39, 0.29) is 18.7 Å². The number of ether oxygens (including phenoxy) is 1. The highest BCUT2D eigenvalue weighted by Crippen LogP contribution is 2.34. The van der Waals surface area contributed by atoms with Gasteiger partial charge in [-0.15, -0.1) is 11.3 Å². The first-order valence-corrected chi connectivity index (χ1v) is 10.4. The van der Waals surface area contributed by atoms with E-state index in [1.54, 1.807) is 31.2 Å². The van der Waals surface area contributed by atoms with Crippen molar-refractivity contribution in [2.75, 3.05) is 6.61 Å². The zero-order valence-electron chi connectivity index (χ0n) is 15.4. The summed E-state index contributed by atoms with van der Waals surface area (Å²) in [7, 11) is 0. The van der Waals surface area contributed by atoms with Gasteiger partial charge in [0.25, 0.3) is 5.56 Å². The van der Waals surface area contributed by atoms with Crippen LogP contribution >= 0.6 is 22.9 Å². The molecule has 0 fully saturated rings. The standard InChI is InChI=1S/C20H19ClN2O4S/c1-2-27-16(24)11-22-19-17(14-8-3-4-9-15(14)28-19)18(25)23(20(22)26)13-7-5-6-12(21)10-13/h5-7,10H,2-4,8-9,11H2,1H3. The maximum atomic E-state index is 13.4. The predicted molar refractivity (Wildman–Crippen MR) is 110 cm³/mol. The van der Waals surface area contributed by atoms with E-state index >= 15 is 0 Å². The van der Waals surface area contributed by atoms with Gasteiger partial charge in [0.05, 0.1) is 17.7 Å². The summed E-state index contributed by atoms with van der Waals surface area (Å²) in [6, 6.07) is 6.60. The Morgan fingerprint density at radius 3 is 2.79 bits per heavy atom. The van der Waals surface area contributed by atoms with E-state index in [2.05, 4.69) is 0 Å². The molecule has 1 aliphatic carbocycles. The lowest BCUT2D eigenvalue weighted by atomic mass is 9.97. The van der Waals surface area contributed by atoms with Crippen molar-refractivity contribution in [1.82, 2.24) is 9.13 Å². The summed E-state index contributed by atoms with van der Waals surface area (Å²) in [5.41, 5.74) is 0.468. The molecule has 0 spiro atoms. The predicted octanol–water partition coefficient (Wildman–Crippen LogP) is 3.31. The van der Waals surface area contributed by atoms with Gasteiger partial charge in [0.15, 0.2) is 0 Å². The lowest BCUT2D eigenvalue weighted by Gasteiger charge is -2.13. The van der Waals surface area contributed by atoms with E-state index in [9.17, 15) is 14.4 Å². The average molecular weight is 419 g/mol. The molecule has 8 heteroatoms. The Hall–Kier alpha value is -2.38. The summed E-state index contributed by atoms with van der Waals surface area (Å²) < 4.78 is 7.51. The van der Waals surface area contributed by atoms with Crippen LogP contribution in [-0.4, -0.2) is 21.7 Å². The highest BCUT2D eigenvalue weighted by molar-refractivity contribution is 7.18. The Balaban J connectivity index is 2.05. The first-order valence-electron chi connectivity index (χ1n) is 9.23. The Morgan fingerprint density at radius 2 is 2.04 bits per heavy atom. The van der Waals surface area contributed by atoms with E-state index in [4.69, 9.17) is 16.3 Å². The first-order chi connectivity index (χ1) is 13.5. The van der Waals surface area contributed by atoms with Gasteiger partial charge in [-0.3, -0.25) is 14.2 Å². The lowest BCUT2D eigenvalue weighted by molar-refractivity contribution is -0.143. The van der Waals surface area contributed by atoms with Gasteiger partial charge >= 0.3 is 11.7 Å². The molecule has 2 aromatic heterocycles. The van der Waals surface area contributed by atoms with E-state index in [0.717, 1.165) is 40.7 Å². The van der Waals surface area contributed by atoms with E-state index in [0.29, 0.717) is 20.9 Å². The van der Waals surface area contributed by atoms with Crippen LogP contribution in [0.4, 0.5) is 0 Å². The van der Waals surface area contributed by atoms with E-state index < -0.39 is 11.7 Å². The normalized spacial score (nSPS) is 13.5. The van der Waals surface area contributed by atoms with Gasteiger partial charge in [-0.25, -0.2) is 9.36 Å². The minimum atomic E-state index is -0.564. The third-order valence-corrected chi connectivity index (χ3v) is 6.45. The largest absolute Gasteiger partial charge is 0.465 e. The number of halogens is 1. The number of nitrogens with zero attached hydrogens (tertiary/aromatic N) is 2. The molecule has 0 saturated heterocycles. The van der Waals surface area contributed by atoms with Gasteiger partial charge in [0.2, 0.25) is 0 Å². The molecule has 6 nitrogen and oxygen atoms in total. The monoisotopic (exact) mass is 418 g/mol. The second-order valence-electron chi connectivity index (χ2n) is 6.69. The van der Waals surface area contributed by atoms with Crippen LogP contribution in [-0.2, 0) is 28.9 Å². The molecule has 2 heterocycles. The Morgan fingerprint density at radius 1 is 1.25 bits per heavy atom. The topological polar surface area (TPSA) is 70.3 Å². The number of fused-ring (bicyclic) bond motifs is 3. The van der Waals surface area contributed by atoms with Gasteiger partial charge in [0.1, 0.15) is 11.4 Å². The molecule has 1 aliphatic rings. The molecule has 1 aromatic carbocycles. The maximum absolute atomic E-state index is 13.4. The van der Waals surface area contributed by atoms with Gasteiger partial charge < -0.3 is 4.74 Å². The molecule has 0 saturated carbocycles. The van der Waals surface area contributed by atoms with Crippen molar-refractivity contribution in [2.45, 2.75) is 39.2 Å². The summed E-state index contributed by atoms with van der Waals surface area (Å²) in [4.78, 5) is 40.4.